The molecule has 0 atom stereocenters. The molecule has 3 heteroatoms. The molecule has 0 saturated heterocycles. The first-order chi connectivity index (χ1) is 5.41. The van der Waals surface area contributed by atoms with E-state index in [-0.39, 0.29) is 5.41 Å². The molecule has 0 aliphatic heterocycles. The molecule has 12 heavy (non-hydrogen) atoms. The van der Waals surface area contributed by atoms with E-state index >= 15 is 0 Å². The summed E-state index contributed by atoms with van der Waals surface area (Å²) in [5, 5.41) is 0. The second-order valence-electron chi connectivity index (χ2n) is 3.72. The van der Waals surface area contributed by atoms with Gasteiger partial charge in [0.15, 0.2) is 0 Å². The SMILES string of the molecule is CC(C)(C)c1ccc(F)nc1F. The van der Waals surface area contributed by atoms with E-state index < -0.39 is 11.9 Å². The number of aromatic nitrogens is 1. The number of nitrogens with zero attached hydrogens (tertiary/aromatic N) is 1. The van der Waals surface area contributed by atoms with Gasteiger partial charge < -0.3 is 0 Å². The molecule has 1 nitrogen and oxygen atoms in total. The Morgan fingerprint density at radius 1 is 1.17 bits per heavy atom. The highest BCUT2D eigenvalue weighted by atomic mass is 19.1. The first kappa shape index (κ1) is 9.10. The minimum atomic E-state index is -0.777. The van der Waals surface area contributed by atoms with Crippen molar-refractivity contribution in [3.8, 4) is 0 Å². The lowest BCUT2D eigenvalue weighted by molar-refractivity contribution is 0.467. The lowest BCUT2D eigenvalue weighted by Gasteiger charge is -2.18. The number of hydrogen-bond donors (Lipinski definition) is 0. The third-order valence-corrected chi connectivity index (χ3v) is 1.62. The average Bonchev–Trinajstić information content (AvgIpc) is 1.83. The highest BCUT2D eigenvalue weighted by Gasteiger charge is 2.19. The summed E-state index contributed by atoms with van der Waals surface area (Å²) >= 11 is 0. The Kier molecular flexibility index (Phi) is 2.13. The maximum Gasteiger partial charge on any atom is 0.219 e. The molecule has 0 saturated carbocycles. The number of rotatable bonds is 0. The van der Waals surface area contributed by atoms with Gasteiger partial charge in [0, 0.05) is 5.56 Å². The molecule has 1 rings (SSSR count). The van der Waals surface area contributed by atoms with Crippen molar-refractivity contribution in [2.45, 2.75) is 26.2 Å². The van der Waals surface area contributed by atoms with Crippen molar-refractivity contribution >= 4 is 0 Å². The fraction of sp³-hybridized carbons (Fsp3) is 0.444. The lowest BCUT2D eigenvalue weighted by atomic mass is 9.88. The topological polar surface area (TPSA) is 12.9 Å². The van der Waals surface area contributed by atoms with Gasteiger partial charge in [-0.25, -0.2) is 0 Å². The first-order valence-corrected chi connectivity index (χ1v) is 3.74. The van der Waals surface area contributed by atoms with Crippen LogP contribution in [-0.2, 0) is 5.41 Å². The predicted molar refractivity (Wildman–Crippen MR) is 42.9 cm³/mol. The third kappa shape index (κ3) is 1.78. The van der Waals surface area contributed by atoms with E-state index in [0.29, 0.717) is 5.56 Å². The molecule has 0 fully saturated rings. The molecule has 66 valence electrons. The monoisotopic (exact) mass is 171 g/mol. The Hall–Kier alpha value is -0.990. The fourth-order valence-corrected chi connectivity index (χ4v) is 0.972. The van der Waals surface area contributed by atoms with E-state index in [9.17, 15) is 8.78 Å². The Bertz CT molecular complexity index is 289. The summed E-state index contributed by atoms with van der Waals surface area (Å²) in [7, 11) is 0. The zero-order valence-corrected chi connectivity index (χ0v) is 7.36. The van der Waals surface area contributed by atoms with Crippen LogP contribution in [0.3, 0.4) is 0 Å². The Labute approximate surface area is 70.4 Å². The van der Waals surface area contributed by atoms with Crippen LogP contribution in [0, 0.1) is 11.9 Å². The molecule has 1 aromatic heterocycles. The van der Waals surface area contributed by atoms with Crippen LogP contribution in [0.2, 0.25) is 0 Å². The molecule has 0 aromatic carbocycles. The minimum Gasteiger partial charge on any atom is -0.190 e. The summed E-state index contributed by atoms with van der Waals surface area (Å²) in [5.74, 6) is -1.50. The van der Waals surface area contributed by atoms with Crippen molar-refractivity contribution in [2.24, 2.45) is 0 Å². The zero-order valence-electron chi connectivity index (χ0n) is 7.36. The van der Waals surface area contributed by atoms with E-state index in [2.05, 4.69) is 4.98 Å². The van der Waals surface area contributed by atoms with Gasteiger partial charge in [-0.15, -0.1) is 0 Å². The molecule has 0 amide bonds. The summed E-state index contributed by atoms with van der Waals surface area (Å²) < 4.78 is 25.4. The van der Waals surface area contributed by atoms with Crippen LogP contribution < -0.4 is 0 Å². The second kappa shape index (κ2) is 2.81. The largest absolute Gasteiger partial charge is 0.219 e. The second-order valence-corrected chi connectivity index (χ2v) is 3.72. The average molecular weight is 171 g/mol. The molecule has 0 bridgehead atoms. The number of pyridine rings is 1. The molecule has 0 aliphatic carbocycles. The molecule has 0 unspecified atom stereocenters. The van der Waals surface area contributed by atoms with Gasteiger partial charge in [-0.05, 0) is 17.5 Å². The van der Waals surface area contributed by atoms with Crippen molar-refractivity contribution in [1.82, 2.24) is 4.98 Å². The highest BCUT2D eigenvalue weighted by Crippen LogP contribution is 2.23. The summed E-state index contributed by atoms with van der Waals surface area (Å²) in [5.41, 5.74) is 0.106. The normalized spacial score (nSPS) is 11.8. The summed E-state index contributed by atoms with van der Waals surface area (Å²) in [6.45, 7) is 5.56. The van der Waals surface area contributed by atoms with Crippen LogP contribution in [0.25, 0.3) is 0 Å². The molecule has 1 heterocycles. The highest BCUT2D eigenvalue weighted by molar-refractivity contribution is 5.20. The van der Waals surface area contributed by atoms with E-state index in [1.807, 2.05) is 20.8 Å². The Morgan fingerprint density at radius 2 is 1.75 bits per heavy atom. The predicted octanol–water partition coefficient (Wildman–Crippen LogP) is 2.66. The fourth-order valence-electron chi connectivity index (χ4n) is 0.972. The van der Waals surface area contributed by atoms with Crippen molar-refractivity contribution < 1.29 is 8.78 Å². The van der Waals surface area contributed by atoms with Crippen molar-refractivity contribution in [1.29, 1.82) is 0 Å². The van der Waals surface area contributed by atoms with Crippen LogP contribution in [0.4, 0.5) is 8.78 Å². The van der Waals surface area contributed by atoms with Crippen molar-refractivity contribution in [3.05, 3.63) is 29.6 Å². The van der Waals surface area contributed by atoms with Gasteiger partial charge in [0.1, 0.15) is 0 Å². The molecule has 0 spiro atoms. The quantitative estimate of drug-likeness (QED) is 0.547. The standard InChI is InChI=1S/C9H11F2N/c1-9(2,3)6-4-5-7(10)12-8(6)11/h4-5H,1-3H3. The lowest BCUT2D eigenvalue weighted by Crippen LogP contribution is -2.14. The van der Waals surface area contributed by atoms with Gasteiger partial charge in [0.05, 0.1) is 0 Å². The van der Waals surface area contributed by atoms with Crippen LogP contribution in [-0.4, -0.2) is 4.98 Å². The van der Waals surface area contributed by atoms with Crippen LogP contribution in [0.1, 0.15) is 26.3 Å². The minimum absolute atomic E-state index is 0.329. The van der Waals surface area contributed by atoms with Gasteiger partial charge >= 0.3 is 0 Å². The van der Waals surface area contributed by atoms with Gasteiger partial charge in [-0.2, -0.15) is 13.8 Å². The molecular formula is C9H11F2N. The van der Waals surface area contributed by atoms with Gasteiger partial charge in [0.2, 0.25) is 11.9 Å². The molecule has 0 N–H and O–H groups in total. The maximum atomic E-state index is 13.0. The smallest absolute Gasteiger partial charge is 0.190 e. The summed E-state index contributed by atoms with van der Waals surface area (Å²) in [6.07, 6.45) is 0. The van der Waals surface area contributed by atoms with Gasteiger partial charge in [-0.1, -0.05) is 20.8 Å². The Morgan fingerprint density at radius 3 is 2.17 bits per heavy atom. The molecular weight excluding hydrogens is 160 g/mol. The van der Waals surface area contributed by atoms with E-state index in [0.717, 1.165) is 0 Å². The van der Waals surface area contributed by atoms with Crippen LogP contribution in [0.15, 0.2) is 12.1 Å². The molecule has 0 aliphatic rings. The van der Waals surface area contributed by atoms with Crippen molar-refractivity contribution in [2.75, 3.05) is 0 Å². The van der Waals surface area contributed by atoms with E-state index in [1.165, 1.54) is 12.1 Å². The van der Waals surface area contributed by atoms with E-state index in [1.54, 1.807) is 0 Å². The van der Waals surface area contributed by atoms with Crippen molar-refractivity contribution in [3.63, 3.8) is 0 Å². The maximum absolute atomic E-state index is 13.0. The van der Waals surface area contributed by atoms with Gasteiger partial charge in [0.25, 0.3) is 0 Å². The molecule has 0 radical (unpaired) electrons. The zero-order chi connectivity index (χ0) is 9.35. The summed E-state index contributed by atoms with van der Waals surface area (Å²) in [4.78, 5) is 3.11. The summed E-state index contributed by atoms with van der Waals surface area (Å²) in [6, 6.07) is 2.60. The van der Waals surface area contributed by atoms with Gasteiger partial charge in [-0.3, -0.25) is 0 Å². The van der Waals surface area contributed by atoms with E-state index in [4.69, 9.17) is 0 Å². The number of hydrogen-bond acceptors (Lipinski definition) is 1. The van der Waals surface area contributed by atoms with Crippen LogP contribution >= 0.6 is 0 Å². The first-order valence-electron chi connectivity index (χ1n) is 3.74. The number of halogens is 2. The van der Waals surface area contributed by atoms with Crippen LogP contribution in [0.5, 0.6) is 0 Å². The molecule has 1 aromatic rings. The Balaban J connectivity index is 3.19. The third-order valence-electron chi connectivity index (χ3n) is 1.62.